The molecule has 0 bridgehead atoms. The fraction of sp³-hybridized carbons (Fsp3) is 0.364. The molecule has 1 fully saturated rings. The van der Waals surface area contributed by atoms with E-state index in [1.54, 1.807) is 11.0 Å². The minimum Gasteiger partial charge on any atom is -0.339 e. The molecule has 3 rings (SSSR count). The molecule has 0 atom stereocenters. The van der Waals surface area contributed by atoms with Crippen LogP contribution in [-0.2, 0) is 11.2 Å². The maximum Gasteiger partial charge on any atom is 0.321 e. The van der Waals surface area contributed by atoms with Crippen LogP contribution in [0.4, 0.5) is 10.5 Å². The van der Waals surface area contributed by atoms with Crippen molar-refractivity contribution in [3.8, 4) is 0 Å². The average Bonchev–Trinajstić information content (AvgIpc) is 2.70. The molecule has 1 N–H and O–H groups in total. The van der Waals surface area contributed by atoms with Gasteiger partial charge in [-0.2, -0.15) is 0 Å². The summed E-state index contributed by atoms with van der Waals surface area (Å²) in [6.07, 6.45) is 2.02. The second kappa shape index (κ2) is 9.99. The third-order valence-electron chi connectivity index (χ3n) is 5.03. The van der Waals surface area contributed by atoms with Crippen LogP contribution in [0.5, 0.6) is 0 Å². The molecule has 1 aliphatic rings. The number of nitrogens with zero attached hydrogens (tertiary/aromatic N) is 2. The fourth-order valence-electron chi connectivity index (χ4n) is 3.38. The van der Waals surface area contributed by atoms with Crippen LogP contribution < -0.4 is 5.32 Å². The summed E-state index contributed by atoms with van der Waals surface area (Å²) in [5.74, 6) is 0.129. The summed E-state index contributed by atoms with van der Waals surface area (Å²) in [7, 11) is 0. The van der Waals surface area contributed by atoms with E-state index in [0.29, 0.717) is 42.6 Å². The minimum absolute atomic E-state index is 0.123. The van der Waals surface area contributed by atoms with E-state index in [1.165, 1.54) is 0 Å². The average molecular weight is 434 g/mol. The van der Waals surface area contributed by atoms with E-state index >= 15 is 0 Å². The van der Waals surface area contributed by atoms with E-state index in [2.05, 4.69) is 5.32 Å². The van der Waals surface area contributed by atoms with E-state index in [0.717, 1.165) is 29.7 Å². The van der Waals surface area contributed by atoms with Crippen molar-refractivity contribution in [1.82, 2.24) is 9.80 Å². The zero-order chi connectivity index (χ0) is 20.8. The SMILES string of the molecule is Cc1cccc(NC(=O)N2CCN(C(=O)CCCc3ccc(Cl)c(Cl)c3)CC2)c1. The number of benzene rings is 2. The van der Waals surface area contributed by atoms with E-state index < -0.39 is 0 Å². The maximum atomic E-state index is 12.5. The van der Waals surface area contributed by atoms with Gasteiger partial charge in [-0.3, -0.25) is 4.79 Å². The van der Waals surface area contributed by atoms with Crippen molar-refractivity contribution in [1.29, 1.82) is 0 Å². The van der Waals surface area contributed by atoms with Gasteiger partial charge in [0.15, 0.2) is 0 Å². The molecule has 154 valence electrons. The molecule has 0 aliphatic carbocycles. The quantitative estimate of drug-likeness (QED) is 0.720. The normalized spacial score (nSPS) is 14.0. The molecule has 0 aromatic heterocycles. The number of hydrogen-bond donors (Lipinski definition) is 1. The molecule has 0 radical (unpaired) electrons. The van der Waals surface area contributed by atoms with Crippen molar-refractivity contribution in [2.75, 3.05) is 31.5 Å². The number of amides is 3. The van der Waals surface area contributed by atoms with Crippen molar-refractivity contribution >= 4 is 40.8 Å². The largest absolute Gasteiger partial charge is 0.339 e. The number of hydrogen-bond acceptors (Lipinski definition) is 2. The summed E-state index contributed by atoms with van der Waals surface area (Å²) in [4.78, 5) is 28.5. The second-order valence-electron chi connectivity index (χ2n) is 7.27. The van der Waals surface area contributed by atoms with Gasteiger partial charge in [0.2, 0.25) is 5.91 Å². The standard InChI is InChI=1S/C22H25Cl2N3O2/c1-16-4-2-6-18(14-16)25-22(29)27-12-10-26(11-13-27)21(28)7-3-5-17-8-9-19(23)20(24)15-17/h2,4,6,8-9,14-15H,3,5,7,10-13H2,1H3,(H,25,29). The number of nitrogens with one attached hydrogen (secondary N) is 1. The van der Waals surface area contributed by atoms with Gasteiger partial charge in [-0.15, -0.1) is 0 Å². The number of rotatable bonds is 5. The highest BCUT2D eigenvalue weighted by Crippen LogP contribution is 2.23. The van der Waals surface area contributed by atoms with Gasteiger partial charge in [-0.25, -0.2) is 4.79 Å². The topological polar surface area (TPSA) is 52.7 Å². The zero-order valence-electron chi connectivity index (χ0n) is 16.5. The van der Waals surface area contributed by atoms with Gasteiger partial charge in [0.1, 0.15) is 0 Å². The molecule has 0 saturated carbocycles. The van der Waals surface area contributed by atoms with Crippen LogP contribution in [0.25, 0.3) is 0 Å². The maximum absolute atomic E-state index is 12.5. The molecule has 0 spiro atoms. The molecule has 3 amide bonds. The van der Waals surface area contributed by atoms with Gasteiger partial charge >= 0.3 is 6.03 Å². The predicted octanol–water partition coefficient (Wildman–Crippen LogP) is 5.00. The fourth-order valence-corrected chi connectivity index (χ4v) is 3.70. The molecule has 2 aromatic rings. The monoisotopic (exact) mass is 433 g/mol. The lowest BCUT2D eigenvalue weighted by Gasteiger charge is -2.34. The molecule has 29 heavy (non-hydrogen) atoms. The first kappa shape index (κ1) is 21.5. The number of carbonyl (C=O) groups excluding carboxylic acids is 2. The third kappa shape index (κ3) is 6.12. The lowest BCUT2D eigenvalue weighted by molar-refractivity contribution is -0.132. The Hall–Kier alpha value is -2.24. The molecule has 1 heterocycles. The van der Waals surface area contributed by atoms with Crippen LogP contribution in [0, 0.1) is 6.92 Å². The molecular weight excluding hydrogens is 409 g/mol. The summed E-state index contributed by atoms with van der Waals surface area (Å²) < 4.78 is 0. The predicted molar refractivity (Wildman–Crippen MR) is 118 cm³/mol. The zero-order valence-corrected chi connectivity index (χ0v) is 18.0. The van der Waals surface area contributed by atoms with Crippen molar-refractivity contribution in [2.45, 2.75) is 26.2 Å². The molecular formula is C22H25Cl2N3O2. The highest BCUT2D eigenvalue weighted by atomic mass is 35.5. The Kier molecular flexibility index (Phi) is 7.40. The highest BCUT2D eigenvalue weighted by Gasteiger charge is 2.23. The first-order chi connectivity index (χ1) is 13.9. The van der Waals surface area contributed by atoms with Crippen LogP contribution in [0.1, 0.15) is 24.0 Å². The van der Waals surface area contributed by atoms with Gasteiger partial charge < -0.3 is 15.1 Å². The van der Waals surface area contributed by atoms with Crippen molar-refractivity contribution in [3.05, 3.63) is 63.6 Å². The Labute approximate surface area is 181 Å². The summed E-state index contributed by atoms with van der Waals surface area (Å²) in [5.41, 5.74) is 2.96. The molecule has 7 heteroatoms. The minimum atomic E-state index is -0.123. The van der Waals surface area contributed by atoms with Gasteiger partial charge in [0.05, 0.1) is 10.0 Å². The lowest BCUT2D eigenvalue weighted by Crippen LogP contribution is -2.51. The van der Waals surface area contributed by atoms with E-state index in [-0.39, 0.29) is 11.9 Å². The Balaban J connectivity index is 1.40. The molecule has 1 aliphatic heterocycles. The highest BCUT2D eigenvalue weighted by molar-refractivity contribution is 6.42. The molecule has 0 unspecified atom stereocenters. The van der Waals surface area contributed by atoms with Gasteiger partial charge in [-0.05, 0) is 55.2 Å². The number of urea groups is 1. The lowest BCUT2D eigenvalue weighted by atomic mass is 10.1. The number of halogens is 2. The second-order valence-corrected chi connectivity index (χ2v) is 8.08. The van der Waals surface area contributed by atoms with Crippen molar-refractivity contribution < 1.29 is 9.59 Å². The number of anilines is 1. The molecule has 5 nitrogen and oxygen atoms in total. The van der Waals surface area contributed by atoms with Gasteiger partial charge in [0, 0.05) is 38.3 Å². The Morgan fingerprint density at radius 1 is 0.966 bits per heavy atom. The Bertz CT molecular complexity index is 880. The van der Waals surface area contributed by atoms with Gasteiger partial charge in [0.25, 0.3) is 0 Å². The molecule has 2 aromatic carbocycles. The smallest absolute Gasteiger partial charge is 0.321 e. The third-order valence-corrected chi connectivity index (χ3v) is 5.77. The number of aryl methyl sites for hydroxylation is 2. The van der Waals surface area contributed by atoms with Crippen molar-refractivity contribution in [2.24, 2.45) is 0 Å². The Morgan fingerprint density at radius 3 is 2.38 bits per heavy atom. The van der Waals surface area contributed by atoms with Crippen LogP contribution >= 0.6 is 23.2 Å². The van der Waals surface area contributed by atoms with E-state index in [9.17, 15) is 9.59 Å². The Morgan fingerprint density at radius 2 is 1.69 bits per heavy atom. The number of carbonyl (C=O) groups is 2. The molecule has 1 saturated heterocycles. The first-order valence-electron chi connectivity index (χ1n) is 9.76. The van der Waals surface area contributed by atoms with Crippen LogP contribution in [0.2, 0.25) is 10.0 Å². The summed E-state index contributed by atoms with van der Waals surface area (Å²) in [6.45, 7) is 4.19. The summed E-state index contributed by atoms with van der Waals surface area (Å²) >= 11 is 12.0. The van der Waals surface area contributed by atoms with Crippen LogP contribution in [0.15, 0.2) is 42.5 Å². The summed E-state index contributed by atoms with van der Waals surface area (Å²) in [5, 5.41) is 4.00. The van der Waals surface area contributed by atoms with E-state index in [1.807, 2.05) is 48.2 Å². The van der Waals surface area contributed by atoms with Gasteiger partial charge in [-0.1, -0.05) is 41.4 Å². The summed E-state index contributed by atoms with van der Waals surface area (Å²) in [6, 6.07) is 13.2. The van der Waals surface area contributed by atoms with Crippen LogP contribution in [0.3, 0.4) is 0 Å². The van der Waals surface area contributed by atoms with E-state index in [4.69, 9.17) is 23.2 Å². The van der Waals surface area contributed by atoms with Crippen LogP contribution in [-0.4, -0.2) is 47.9 Å². The van der Waals surface area contributed by atoms with Crippen molar-refractivity contribution in [3.63, 3.8) is 0 Å². The number of piperazine rings is 1. The first-order valence-corrected chi connectivity index (χ1v) is 10.5.